The lowest BCUT2D eigenvalue weighted by atomic mass is 10.0. The zero-order valence-electron chi connectivity index (χ0n) is 24.4. The summed E-state index contributed by atoms with van der Waals surface area (Å²) < 4.78 is 41.1. The minimum Gasteiger partial charge on any atom is -0.486 e. The Hall–Kier alpha value is -4.92. The molecule has 3 aromatic rings. The number of piperazine rings is 1. The summed E-state index contributed by atoms with van der Waals surface area (Å²) in [6.45, 7) is 4.83. The molecule has 3 aliphatic heterocycles. The summed E-state index contributed by atoms with van der Waals surface area (Å²) in [5, 5.41) is 21.5. The number of anilines is 3. The van der Waals surface area contributed by atoms with Gasteiger partial charge in [-0.1, -0.05) is 0 Å². The molecule has 3 aliphatic rings. The van der Waals surface area contributed by atoms with Crippen LogP contribution in [-0.2, 0) is 9.53 Å². The van der Waals surface area contributed by atoms with Crippen LogP contribution in [0.2, 0.25) is 0 Å². The summed E-state index contributed by atoms with van der Waals surface area (Å²) in [6, 6.07) is 14.0. The minimum atomic E-state index is -1.47. The van der Waals surface area contributed by atoms with Crippen molar-refractivity contribution in [3.05, 3.63) is 54.1 Å². The van der Waals surface area contributed by atoms with Crippen LogP contribution in [0, 0.1) is 28.5 Å². The van der Waals surface area contributed by atoms with E-state index in [-0.39, 0.29) is 54.8 Å². The van der Waals surface area contributed by atoms with Gasteiger partial charge >= 0.3 is 0 Å². The molecule has 45 heavy (non-hydrogen) atoms. The normalized spacial score (nSPS) is 20.5. The number of likely N-dealkylation sites (tertiary alicyclic amines) is 1. The predicted molar refractivity (Wildman–Crippen MR) is 159 cm³/mol. The Morgan fingerprint density at radius 1 is 1.09 bits per heavy atom. The van der Waals surface area contributed by atoms with E-state index in [1.807, 2.05) is 4.90 Å². The van der Waals surface area contributed by atoms with Gasteiger partial charge in [-0.05, 0) is 36.4 Å². The SMILES string of the molecule is N#CCC(=O)N1CC[C@H](Oc2ccc(-c3ncnc(Nc4ccc(N5CCN(C6COC6)CC5)c(F)c4)n3)cc2C#N)[C@@H](F)C1. The molecule has 1 amide bonds. The molecule has 0 saturated carbocycles. The van der Waals surface area contributed by atoms with Gasteiger partial charge in [-0.2, -0.15) is 15.5 Å². The topological polar surface area (TPSA) is 144 Å². The van der Waals surface area contributed by atoms with E-state index in [9.17, 15) is 14.4 Å². The van der Waals surface area contributed by atoms with Crippen molar-refractivity contribution in [2.75, 3.05) is 62.7 Å². The van der Waals surface area contributed by atoms with Crippen LogP contribution in [0.4, 0.5) is 26.1 Å². The monoisotopic (exact) mass is 615 g/mol. The Morgan fingerprint density at radius 2 is 1.91 bits per heavy atom. The molecule has 3 fully saturated rings. The molecule has 2 aromatic carbocycles. The number of ether oxygens (including phenoxy) is 2. The first-order chi connectivity index (χ1) is 21.9. The molecular formula is C31H31F2N9O3. The number of rotatable bonds is 8. The van der Waals surface area contributed by atoms with Gasteiger partial charge in [0.2, 0.25) is 11.9 Å². The standard InChI is InChI=1S/C31H31F2N9O3/c32-24-14-22(2-3-26(24)41-11-9-40(10-12-41)23-17-44-18-23)38-31-37-19-36-30(39-31)20-1-4-27(21(13-20)15-35)45-28-6-8-42(16-25(28)33)29(43)5-7-34/h1-4,13-14,19,23,25,28H,5-6,8-12,16-18H2,(H,36,37,38,39)/t25-,28-/m0/s1. The van der Waals surface area contributed by atoms with Gasteiger partial charge in [-0.15, -0.1) is 0 Å². The van der Waals surface area contributed by atoms with Crippen LogP contribution in [0.3, 0.4) is 0 Å². The Kier molecular flexibility index (Phi) is 8.96. The number of nitriles is 2. The largest absolute Gasteiger partial charge is 0.486 e. The number of hydrogen-bond acceptors (Lipinski definition) is 11. The molecule has 0 aliphatic carbocycles. The van der Waals surface area contributed by atoms with Gasteiger partial charge in [0.25, 0.3) is 0 Å². The Balaban J connectivity index is 1.09. The number of benzene rings is 2. The first-order valence-corrected chi connectivity index (χ1v) is 14.7. The van der Waals surface area contributed by atoms with Gasteiger partial charge < -0.3 is 24.6 Å². The molecule has 6 rings (SSSR count). The molecule has 4 heterocycles. The molecule has 12 nitrogen and oxygen atoms in total. The van der Waals surface area contributed by atoms with E-state index in [0.29, 0.717) is 23.0 Å². The highest BCUT2D eigenvalue weighted by molar-refractivity contribution is 5.78. The molecule has 0 spiro atoms. The highest BCUT2D eigenvalue weighted by atomic mass is 19.1. The average Bonchev–Trinajstić information content (AvgIpc) is 3.02. The summed E-state index contributed by atoms with van der Waals surface area (Å²) >= 11 is 0. The predicted octanol–water partition coefficient (Wildman–Crippen LogP) is 3.05. The fraction of sp³-hybridized carbons (Fsp3) is 0.419. The smallest absolute Gasteiger partial charge is 0.236 e. The van der Waals surface area contributed by atoms with E-state index in [2.05, 4.69) is 31.2 Å². The second-order valence-corrected chi connectivity index (χ2v) is 11.1. The molecule has 0 radical (unpaired) electrons. The van der Waals surface area contributed by atoms with E-state index in [1.165, 1.54) is 17.3 Å². The molecule has 1 N–H and O–H groups in total. The van der Waals surface area contributed by atoms with Crippen LogP contribution in [0.5, 0.6) is 5.75 Å². The maximum Gasteiger partial charge on any atom is 0.236 e. The summed E-state index contributed by atoms with van der Waals surface area (Å²) in [6.07, 6.45) is -1.08. The van der Waals surface area contributed by atoms with E-state index in [0.717, 1.165) is 39.4 Å². The van der Waals surface area contributed by atoms with Crippen LogP contribution in [0.25, 0.3) is 11.4 Å². The van der Waals surface area contributed by atoms with Crippen LogP contribution >= 0.6 is 0 Å². The van der Waals surface area contributed by atoms with Crippen LogP contribution in [0.1, 0.15) is 18.4 Å². The lowest BCUT2D eigenvalue weighted by Crippen LogP contribution is -2.56. The van der Waals surface area contributed by atoms with Crippen molar-refractivity contribution in [1.82, 2.24) is 24.8 Å². The lowest BCUT2D eigenvalue weighted by Gasteiger charge is -2.43. The van der Waals surface area contributed by atoms with Crippen molar-refractivity contribution in [3.8, 4) is 29.3 Å². The van der Waals surface area contributed by atoms with Crippen molar-refractivity contribution >= 4 is 23.2 Å². The van der Waals surface area contributed by atoms with Gasteiger partial charge in [0, 0.05) is 50.4 Å². The molecule has 14 heteroatoms. The van der Waals surface area contributed by atoms with Gasteiger partial charge in [-0.3, -0.25) is 9.69 Å². The molecule has 3 saturated heterocycles. The molecule has 2 atom stereocenters. The summed E-state index contributed by atoms with van der Waals surface area (Å²) in [5.41, 5.74) is 1.69. The molecule has 232 valence electrons. The third-order valence-corrected chi connectivity index (χ3v) is 8.27. The van der Waals surface area contributed by atoms with Gasteiger partial charge in [0.05, 0.1) is 43.1 Å². The first kappa shape index (κ1) is 30.1. The summed E-state index contributed by atoms with van der Waals surface area (Å²) in [7, 11) is 0. The number of hydrogen-bond donors (Lipinski definition) is 1. The Bertz CT molecular complexity index is 1630. The highest BCUT2D eigenvalue weighted by Crippen LogP contribution is 2.30. The molecule has 0 bridgehead atoms. The number of piperidine rings is 1. The number of halogens is 2. The zero-order chi connectivity index (χ0) is 31.3. The number of aromatic nitrogens is 3. The number of carbonyl (C=O) groups is 1. The fourth-order valence-electron chi connectivity index (χ4n) is 5.67. The van der Waals surface area contributed by atoms with Crippen molar-refractivity contribution in [3.63, 3.8) is 0 Å². The Morgan fingerprint density at radius 3 is 2.60 bits per heavy atom. The maximum atomic E-state index is 15.2. The second kappa shape index (κ2) is 13.4. The molecule has 1 aromatic heterocycles. The molecule has 0 unspecified atom stereocenters. The number of carbonyl (C=O) groups excluding carboxylic acids is 1. The minimum absolute atomic E-state index is 0.164. The van der Waals surface area contributed by atoms with E-state index in [1.54, 1.807) is 36.4 Å². The number of alkyl halides is 1. The number of nitrogens with zero attached hydrogens (tertiary/aromatic N) is 8. The van der Waals surface area contributed by atoms with Crippen LogP contribution in [-0.4, -0.2) is 101 Å². The third-order valence-electron chi connectivity index (χ3n) is 8.27. The van der Waals surface area contributed by atoms with Gasteiger partial charge in [-0.25, -0.2) is 18.7 Å². The van der Waals surface area contributed by atoms with Crippen molar-refractivity contribution in [2.45, 2.75) is 31.2 Å². The number of amides is 1. The van der Waals surface area contributed by atoms with E-state index in [4.69, 9.17) is 14.7 Å². The summed E-state index contributed by atoms with van der Waals surface area (Å²) in [4.78, 5) is 30.5. The van der Waals surface area contributed by atoms with Crippen molar-refractivity contribution in [1.29, 1.82) is 10.5 Å². The van der Waals surface area contributed by atoms with Gasteiger partial charge in [0.1, 0.15) is 36.5 Å². The second-order valence-electron chi connectivity index (χ2n) is 11.1. The average molecular weight is 616 g/mol. The molecular weight excluding hydrogens is 584 g/mol. The number of nitrogens with one attached hydrogen (secondary N) is 1. The Labute approximate surface area is 258 Å². The van der Waals surface area contributed by atoms with Crippen molar-refractivity contribution in [2.24, 2.45) is 0 Å². The maximum absolute atomic E-state index is 15.2. The summed E-state index contributed by atoms with van der Waals surface area (Å²) in [5.74, 6) is -0.0973. The fourth-order valence-corrected chi connectivity index (χ4v) is 5.67. The van der Waals surface area contributed by atoms with E-state index < -0.39 is 18.2 Å². The third kappa shape index (κ3) is 6.77. The van der Waals surface area contributed by atoms with Gasteiger partial charge in [0.15, 0.2) is 12.0 Å². The van der Waals surface area contributed by atoms with Crippen molar-refractivity contribution < 1.29 is 23.0 Å². The first-order valence-electron chi connectivity index (χ1n) is 14.7. The highest BCUT2D eigenvalue weighted by Gasteiger charge is 2.33. The lowest BCUT2D eigenvalue weighted by molar-refractivity contribution is -0.134. The van der Waals surface area contributed by atoms with E-state index >= 15 is 4.39 Å². The van der Waals surface area contributed by atoms with Crippen LogP contribution < -0.4 is 15.0 Å². The zero-order valence-corrected chi connectivity index (χ0v) is 24.4. The quantitative estimate of drug-likeness (QED) is 0.399. The van der Waals surface area contributed by atoms with Crippen LogP contribution in [0.15, 0.2) is 42.7 Å².